The average molecular weight is 387 g/mol. The number of benzene rings is 1. The van der Waals surface area contributed by atoms with Crippen molar-refractivity contribution in [2.24, 2.45) is 5.92 Å². The second-order valence-corrected chi connectivity index (χ2v) is 7.48. The van der Waals surface area contributed by atoms with Crippen molar-refractivity contribution in [3.63, 3.8) is 0 Å². The fourth-order valence-electron chi connectivity index (χ4n) is 3.73. The van der Waals surface area contributed by atoms with Gasteiger partial charge in [0.05, 0.1) is 5.56 Å². The van der Waals surface area contributed by atoms with Crippen molar-refractivity contribution in [1.29, 1.82) is 0 Å². The van der Waals surface area contributed by atoms with Crippen molar-refractivity contribution in [3.05, 3.63) is 78.4 Å². The Balaban J connectivity index is 1.29. The number of piperidine rings is 1. The highest BCUT2D eigenvalue weighted by atomic mass is 16.1. The minimum atomic E-state index is -0.122. The molecule has 0 spiro atoms. The molecular weight excluding hydrogens is 362 g/mol. The maximum atomic E-state index is 12.5. The molecule has 1 aliphatic heterocycles. The molecule has 0 aliphatic carbocycles. The summed E-state index contributed by atoms with van der Waals surface area (Å²) in [4.78, 5) is 27.6. The van der Waals surface area contributed by atoms with Gasteiger partial charge in [0, 0.05) is 50.0 Å². The number of carbonyl (C=O) groups excluding carboxylic acids is 1. The molecule has 3 heterocycles. The molecule has 1 atom stereocenters. The topological polar surface area (TPSA) is 71.0 Å². The molecule has 6 heteroatoms. The molecule has 2 aromatic heterocycles. The van der Waals surface area contributed by atoms with Gasteiger partial charge in [-0.3, -0.25) is 14.7 Å². The zero-order chi connectivity index (χ0) is 19.9. The highest BCUT2D eigenvalue weighted by molar-refractivity contribution is 5.93. The number of pyridine rings is 1. The molecule has 1 saturated heterocycles. The van der Waals surface area contributed by atoms with Crippen LogP contribution in [0.1, 0.15) is 28.8 Å². The summed E-state index contributed by atoms with van der Waals surface area (Å²) in [5.74, 6) is 0.911. The molecule has 1 amide bonds. The number of aromatic nitrogens is 3. The first kappa shape index (κ1) is 19.2. The maximum Gasteiger partial charge on any atom is 0.254 e. The fraction of sp³-hybridized carbons (Fsp3) is 0.304. The molecule has 3 aromatic rings. The second kappa shape index (κ2) is 9.39. The summed E-state index contributed by atoms with van der Waals surface area (Å²) in [5, 5.41) is 3.05. The molecule has 1 fully saturated rings. The monoisotopic (exact) mass is 387 g/mol. The molecule has 4 rings (SSSR count). The van der Waals surface area contributed by atoms with E-state index in [1.54, 1.807) is 24.8 Å². The summed E-state index contributed by atoms with van der Waals surface area (Å²) < 4.78 is 0. The van der Waals surface area contributed by atoms with E-state index in [1.165, 1.54) is 5.56 Å². The zero-order valence-electron chi connectivity index (χ0n) is 16.4. The summed E-state index contributed by atoms with van der Waals surface area (Å²) in [5.41, 5.74) is 2.65. The van der Waals surface area contributed by atoms with Crippen molar-refractivity contribution in [1.82, 2.24) is 25.2 Å². The van der Waals surface area contributed by atoms with Crippen molar-refractivity contribution >= 4 is 5.91 Å². The van der Waals surface area contributed by atoms with E-state index in [2.05, 4.69) is 49.4 Å². The molecule has 0 saturated carbocycles. The van der Waals surface area contributed by atoms with Gasteiger partial charge >= 0.3 is 0 Å². The first-order valence-corrected chi connectivity index (χ1v) is 10.0. The predicted molar refractivity (Wildman–Crippen MR) is 112 cm³/mol. The van der Waals surface area contributed by atoms with E-state index in [-0.39, 0.29) is 5.91 Å². The Morgan fingerprint density at radius 2 is 1.90 bits per heavy atom. The zero-order valence-corrected chi connectivity index (χ0v) is 16.4. The van der Waals surface area contributed by atoms with Gasteiger partial charge in [0.25, 0.3) is 5.91 Å². The van der Waals surface area contributed by atoms with E-state index in [1.807, 2.05) is 18.2 Å². The van der Waals surface area contributed by atoms with Gasteiger partial charge in [-0.1, -0.05) is 30.3 Å². The van der Waals surface area contributed by atoms with E-state index in [9.17, 15) is 4.79 Å². The molecule has 6 nitrogen and oxygen atoms in total. The van der Waals surface area contributed by atoms with E-state index in [0.29, 0.717) is 23.9 Å². The lowest BCUT2D eigenvalue weighted by molar-refractivity contribution is 0.0930. The predicted octanol–water partition coefficient (Wildman–Crippen LogP) is 3.18. The van der Waals surface area contributed by atoms with Crippen molar-refractivity contribution in [3.8, 4) is 11.4 Å². The number of carbonyl (C=O) groups is 1. The molecule has 0 bridgehead atoms. The number of rotatable bonds is 6. The Morgan fingerprint density at radius 3 is 2.66 bits per heavy atom. The molecule has 148 valence electrons. The molecular formula is C23H25N5O. The summed E-state index contributed by atoms with van der Waals surface area (Å²) in [6, 6.07) is 14.3. The van der Waals surface area contributed by atoms with Gasteiger partial charge in [0.1, 0.15) is 0 Å². The summed E-state index contributed by atoms with van der Waals surface area (Å²) in [6.45, 7) is 3.76. The molecule has 1 aliphatic rings. The smallest absolute Gasteiger partial charge is 0.254 e. The van der Waals surface area contributed by atoms with Crippen LogP contribution in [0.5, 0.6) is 0 Å². The Labute approximate surface area is 171 Å². The third-order valence-corrected chi connectivity index (χ3v) is 5.24. The van der Waals surface area contributed by atoms with Crippen LogP contribution in [0, 0.1) is 5.92 Å². The minimum Gasteiger partial charge on any atom is -0.352 e. The minimum absolute atomic E-state index is 0.122. The highest BCUT2D eigenvalue weighted by Gasteiger charge is 2.21. The summed E-state index contributed by atoms with van der Waals surface area (Å²) in [7, 11) is 0. The number of hydrogen-bond donors (Lipinski definition) is 1. The van der Waals surface area contributed by atoms with Gasteiger partial charge in [-0.2, -0.15) is 0 Å². The van der Waals surface area contributed by atoms with Crippen LogP contribution < -0.4 is 5.32 Å². The lowest BCUT2D eigenvalue weighted by Gasteiger charge is -2.32. The van der Waals surface area contributed by atoms with Gasteiger partial charge in [0.2, 0.25) is 0 Å². The van der Waals surface area contributed by atoms with E-state index < -0.39 is 0 Å². The second-order valence-electron chi connectivity index (χ2n) is 7.48. The van der Waals surface area contributed by atoms with Crippen LogP contribution in [0.25, 0.3) is 11.4 Å². The van der Waals surface area contributed by atoms with Gasteiger partial charge in [-0.15, -0.1) is 0 Å². The number of hydrogen-bond acceptors (Lipinski definition) is 5. The molecule has 29 heavy (non-hydrogen) atoms. The Morgan fingerprint density at radius 1 is 1.07 bits per heavy atom. The molecule has 1 unspecified atom stereocenters. The van der Waals surface area contributed by atoms with Gasteiger partial charge in [0.15, 0.2) is 5.82 Å². The quantitative estimate of drug-likeness (QED) is 0.703. The summed E-state index contributed by atoms with van der Waals surface area (Å²) >= 11 is 0. The van der Waals surface area contributed by atoms with Crippen molar-refractivity contribution in [2.45, 2.75) is 19.4 Å². The third kappa shape index (κ3) is 5.23. The van der Waals surface area contributed by atoms with Gasteiger partial charge in [-0.25, -0.2) is 9.97 Å². The van der Waals surface area contributed by atoms with Crippen LogP contribution in [-0.2, 0) is 6.54 Å². The molecule has 1 aromatic carbocycles. The highest BCUT2D eigenvalue weighted by Crippen LogP contribution is 2.18. The first-order valence-electron chi connectivity index (χ1n) is 10.0. The lowest BCUT2D eigenvalue weighted by Crippen LogP contribution is -2.40. The Bertz CT molecular complexity index is 915. The largest absolute Gasteiger partial charge is 0.352 e. The van der Waals surface area contributed by atoms with Crippen LogP contribution in [-0.4, -0.2) is 45.4 Å². The van der Waals surface area contributed by atoms with E-state index >= 15 is 0 Å². The normalized spacial score (nSPS) is 17.0. The number of nitrogens with one attached hydrogen (secondary N) is 1. The van der Waals surface area contributed by atoms with Crippen LogP contribution in [0.2, 0.25) is 0 Å². The van der Waals surface area contributed by atoms with Crippen LogP contribution >= 0.6 is 0 Å². The van der Waals surface area contributed by atoms with Crippen LogP contribution in [0.15, 0.2) is 67.3 Å². The standard InChI is InChI=1S/C23H25N5O/c29-23(21-14-25-22(26-15-21)20-9-4-10-24-13-20)27-12-19-8-5-11-28(17-19)16-18-6-2-1-3-7-18/h1-4,6-7,9-10,13-15,19H,5,8,11-12,16-17H2,(H,27,29). The molecule has 0 radical (unpaired) electrons. The van der Waals surface area contributed by atoms with Crippen LogP contribution in [0.4, 0.5) is 0 Å². The first-order chi connectivity index (χ1) is 14.3. The average Bonchev–Trinajstić information content (AvgIpc) is 2.79. The Hall–Kier alpha value is -3.12. The number of likely N-dealkylation sites (tertiary alicyclic amines) is 1. The van der Waals surface area contributed by atoms with Gasteiger partial charge < -0.3 is 5.32 Å². The molecule has 1 N–H and O–H groups in total. The number of amides is 1. The number of nitrogens with zero attached hydrogens (tertiary/aromatic N) is 4. The lowest BCUT2D eigenvalue weighted by atomic mass is 9.97. The third-order valence-electron chi connectivity index (χ3n) is 5.24. The van der Waals surface area contributed by atoms with Crippen molar-refractivity contribution < 1.29 is 4.79 Å². The maximum absolute atomic E-state index is 12.5. The van der Waals surface area contributed by atoms with E-state index in [0.717, 1.165) is 38.0 Å². The van der Waals surface area contributed by atoms with E-state index in [4.69, 9.17) is 0 Å². The van der Waals surface area contributed by atoms with Crippen molar-refractivity contribution in [2.75, 3.05) is 19.6 Å². The fourth-order valence-corrected chi connectivity index (χ4v) is 3.73. The Kier molecular flexibility index (Phi) is 6.22. The van der Waals surface area contributed by atoms with Crippen LogP contribution in [0.3, 0.4) is 0 Å². The SMILES string of the molecule is O=C(NCC1CCCN(Cc2ccccc2)C1)c1cnc(-c2cccnc2)nc1. The van der Waals surface area contributed by atoms with Gasteiger partial charge in [-0.05, 0) is 43.0 Å². The summed E-state index contributed by atoms with van der Waals surface area (Å²) in [6.07, 6.45) is 8.87.